The number of hydrogen-bond acceptors (Lipinski definition) is 3. The lowest BCUT2D eigenvalue weighted by molar-refractivity contribution is -0.128. The van der Waals surface area contributed by atoms with Crippen molar-refractivity contribution in [3.63, 3.8) is 0 Å². The van der Waals surface area contributed by atoms with Crippen molar-refractivity contribution >= 4 is 17.5 Å². The van der Waals surface area contributed by atoms with Gasteiger partial charge in [-0.05, 0) is 77.0 Å². The van der Waals surface area contributed by atoms with E-state index >= 15 is 0 Å². The topological polar surface area (TPSA) is 41.6 Å². The summed E-state index contributed by atoms with van der Waals surface area (Å²) in [5.74, 6) is 0.630. The number of amides is 1. The zero-order valence-corrected chi connectivity index (χ0v) is 14.5. The van der Waals surface area contributed by atoms with Gasteiger partial charge in [0.2, 0.25) is 0 Å². The summed E-state index contributed by atoms with van der Waals surface area (Å²) in [4.78, 5) is 14.5. The second-order valence-corrected chi connectivity index (χ2v) is 6.60. The van der Waals surface area contributed by atoms with Crippen molar-refractivity contribution in [3.8, 4) is 5.75 Å². The molecule has 5 heteroatoms. The maximum absolute atomic E-state index is 12.3. The first kappa shape index (κ1) is 17.1. The number of rotatable bonds is 4. The molecule has 22 heavy (non-hydrogen) atoms. The van der Waals surface area contributed by atoms with Gasteiger partial charge in [0.25, 0.3) is 5.91 Å². The molecule has 0 radical (unpaired) electrons. The smallest absolute Gasteiger partial charge is 0.260 e. The summed E-state index contributed by atoms with van der Waals surface area (Å²) < 4.78 is 5.77. The highest BCUT2D eigenvalue weighted by molar-refractivity contribution is 6.32. The largest absolute Gasteiger partial charge is 0.481 e. The molecule has 1 fully saturated rings. The fourth-order valence-electron chi connectivity index (χ4n) is 2.70. The van der Waals surface area contributed by atoms with Crippen LogP contribution in [0.15, 0.2) is 12.1 Å². The van der Waals surface area contributed by atoms with E-state index in [2.05, 4.69) is 17.3 Å². The number of likely N-dealkylation sites (tertiary alicyclic amines) is 1. The van der Waals surface area contributed by atoms with Crippen molar-refractivity contribution in [2.24, 2.45) is 0 Å². The third kappa shape index (κ3) is 4.37. The lowest BCUT2D eigenvalue weighted by Gasteiger charge is -2.30. The SMILES string of the molecule is Cc1cc(O[C@@H](C)C(=O)NC2CCN(C)CC2)cc(C)c1Cl. The van der Waals surface area contributed by atoms with E-state index in [4.69, 9.17) is 16.3 Å². The minimum atomic E-state index is -0.514. The van der Waals surface area contributed by atoms with Crippen molar-refractivity contribution in [1.29, 1.82) is 0 Å². The number of aryl methyl sites for hydroxylation is 2. The molecule has 0 bridgehead atoms. The number of nitrogens with one attached hydrogen (secondary N) is 1. The van der Waals surface area contributed by atoms with Crippen LogP contribution in [-0.4, -0.2) is 43.1 Å². The molecule has 0 saturated carbocycles. The molecular weight excluding hydrogens is 300 g/mol. The van der Waals surface area contributed by atoms with Crippen molar-refractivity contribution in [1.82, 2.24) is 10.2 Å². The van der Waals surface area contributed by atoms with Crippen LogP contribution in [0, 0.1) is 13.8 Å². The lowest BCUT2D eigenvalue weighted by Crippen LogP contribution is -2.47. The van der Waals surface area contributed by atoms with Gasteiger partial charge in [-0.2, -0.15) is 0 Å². The molecule has 0 aliphatic carbocycles. The first-order chi connectivity index (χ1) is 10.4. The maximum atomic E-state index is 12.3. The summed E-state index contributed by atoms with van der Waals surface area (Å²) in [5.41, 5.74) is 1.92. The second-order valence-electron chi connectivity index (χ2n) is 6.22. The fourth-order valence-corrected chi connectivity index (χ4v) is 2.81. The molecule has 0 aromatic heterocycles. The van der Waals surface area contributed by atoms with Gasteiger partial charge in [-0.3, -0.25) is 4.79 Å². The van der Waals surface area contributed by atoms with Crippen LogP contribution in [0.25, 0.3) is 0 Å². The van der Waals surface area contributed by atoms with E-state index in [9.17, 15) is 4.79 Å². The van der Waals surface area contributed by atoms with Gasteiger partial charge in [-0.25, -0.2) is 0 Å². The standard InChI is InChI=1S/C17H25ClN2O2/c1-11-9-15(10-12(2)16(11)18)22-13(3)17(21)19-14-5-7-20(4)8-6-14/h9-10,13-14H,5-8H2,1-4H3,(H,19,21)/t13-/m0/s1. The minimum absolute atomic E-state index is 0.0557. The van der Waals surface area contributed by atoms with Crippen LogP contribution in [-0.2, 0) is 4.79 Å². The van der Waals surface area contributed by atoms with Crippen LogP contribution in [0.4, 0.5) is 0 Å². The number of carbonyl (C=O) groups excluding carboxylic acids is 1. The Morgan fingerprint density at radius 1 is 1.32 bits per heavy atom. The monoisotopic (exact) mass is 324 g/mol. The van der Waals surface area contributed by atoms with Crippen LogP contribution in [0.3, 0.4) is 0 Å². The van der Waals surface area contributed by atoms with Crippen molar-refractivity contribution < 1.29 is 9.53 Å². The Hall–Kier alpha value is -1.26. The highest BCUT2D eigenvalue weighted by Gasteiger charge is 2.22. The van der Waals surface area contributed by atoms with Crippen LogP contribution in [0.5, 0.6) is 5.75 Å². The second kappa shape index (κ2) is 7.34. The van der Waals surface area contributed by atoms with Crippen LogP contribution in [0.2, 0.25) is 5.02 Å². The Bertz CT molecular complexity index is 516. The number of benzene rings is 1. The van der Waals surface area contributed by atoms with Crippen LogP contribution in [0.1, 0.15) is 30.9 Å². The molecule has 4 nitrogen and oxygen atoms in total. The van der Waals surface area contributed by atoms with Crippen LogP contribution < -0.4 is 10.1 Å². The zero-order valence-electron chi connectivity index (χ0n) is 13.8. The van der Waals surface area contributed by atoms with Gasteiger partial charge < -0.3 is 15.0 Å². The first-order valence-electron chi connectivity index (χ1n) is 7.79. The van der Waals surface area contributed by atoms with Gasteiger partial charge in [0, 0.05) is 11.1 Å². The van der Waals surface area contributed by atoms with Gasteiger partial charge in [-0.1, -0.05) is 11.6 Å². The molecule has 0 spiro atoms. The molecule has 1 atom stereocenters. The summed E-state index contributed by atoms with van der Waals surface area (Å²) in [6, 6.07) is 3.99. The average Bonchev–Trinajstić information content (AvgIpc) is 2.47. The molecule has 1 aliphatic heterocycles. The Labute approximate surface area is 137 Å². The van der Waals surface area contributed by atoms with Gasteiger partial charge in [-0.15, -0.1) is 0 Å². The number of nitrogens with zero attached hydrogens (tertiary/aromatic N) is 1. The zero-order chi connectivity index (χ0) is 16.3. The van der Waals surface area contributed by atoms with Gasteiger partial charge in [0.15, 0.2) is 6.10 Å². The quantitative estimate of drug-likeness (QED) is 0.926. The predicted molar refractivity (Wildman–Crippen MR) is 89.7 cm³/mol. The van der Waals surface area contributed by atoms with E-state index in [1.807, 2.05) is 26.0 Å². The third-order valence-corrected chi connectivity index (χ3v) is 4.75. The molecule has 0 unspecified atom stereocenters. The molecule has 1 heterocycles. The van der Waals surface area contributed by atoms with Crippen molar-refractivity contribution in [3.05, 3.63) is 28.3 Å². The Morgan fingerprint density at radius 2 is 1.86 bits per heavy atom. The fraction of sp³-hybridized carbons (Fsp3) is 0.588. The van der Waals surface area contributed by atoms with Crippen LogP contribution >= 0.6 is 11.6 Å². The summed E-state index contributed by atoms with van der Waals surface area (Å²) >= 11 is 6.15. The number of hydrogen-bond donors (Lipinski definition) is 1. The number of piperidine rings is 1. The molecule has 1 amide bonds. The molecule has 1 aromatic rings. The molecule has 2 rings (SSSR count). The van der Waals surface area contributed by atoms with Gasteiger partial charge >= 0.3 is 0 Å². The number of carbonyl (C=O) groups is 1. The molecule has 1 saturated heterocycles. The molecular formula is C17H25ClN2O2. The summed E-state index contributed by atoms with van der Waals surface area (Å²) in [6.07, 6.45) is 1.47. The average molecular weight is 325 g/mol. The summed E-state index contributed by atoms with van der Waals surface area (Å²) in [5, 5.41) is 3.83. The Morgan fingerprint density at radius 3 is 2.41 bits per heavy atom. The van der Waals surface area contributed by atoms with Gasteiger partial charge in [0.1, 0.15) is 5.75 Å². The van der Waals surface area contributed by atoms with Crippen molar-refractivity contribution in [2.45, 2.75) is 45.8 Å². The predicted octanol–water partition coefficient (Wildman–Crippen LogP) is 2.93. The van der Waals surface area contributed by atoms with E-state index in [1.54, 1.807) is 6.92 Å². The van der Waals surface area contributed by atoms with Crippen molar-refractivity contribution in [2.75, 3.05) is 20.1 Å². The van der Waals surface area contributed by atoms with E-state index in [0.717, 1.165) is 42.1 Å². The van der Waals surface area contributed by atoms with E-state index < -0.39 is 6.10 Å². The van der Waals surface area contributed by atoms with E-state index in [-0.39, 0.29) is 11.9 Å². The highest BCUT2D eigenvalue weighted by atomic mass is 35.5. The minimum Gasteiger partial charge on any atom is -0.481 e. The first-order valence-corrected chi connectivity index (χ1v) is 8.17. The highest BCUT2D eigenvalue weighted by Crippen LogP contribution is 2.26. The molecule has 1 N–H and O–H groups in total. The lowest BCUT2D eigenvalue weighted by atomic mass is 10.1. The Balaban J connectivity index is 1.91. The van der Waals surface area contributed by atoms with E-state index in [1.165, 1.54) is 0 Å². The maximum Gasteiger partial charge on any atom is 0.260 e. The summed E-state index contributed by atoms with van der Waals surface area (Å²) in [7, 11) is 2.11. The normalized spacial score (nSPS) is 18.0. The molecule has 1 aliphatic rings. The summed E-state index contributed by atoms with van der Waals surface area (Å²) in [6.45, 7) is 7.70. The van der Waals surface area contributed by atoms with E-state index in [0.29, 0.717) is 5.75 Å². The third-order valence-electron chi connectivity index (χ3n) is 4.16. The molecule has 1 aromatic carbocycles. The van der Waals surface area contributed by atoms with Gasteiger partial charge in [0.05, 0.1) is 0 Å². The number of ether oxygens (including phenoxy) is 1. The number of halogens is 1. The Kier molecular flexibility index (Phi) is 5.70. The molecule has 122 valence electrons.